The molecule has 3 atom stereocenters. The molecule has 0 amide bonds. The van der Waals surface area contributed by atoms with Gasteiger partial charge in [0.1, 0.15) is 0 Å². The molecule has 0 aromatic heterocycles. The van der Waals surface area contributed by atoms with E-state index >= 15 is 0 Å². The van der Waals surface area contributed by atoms with E-state index < -0.39 is 16.9 Å². The molecule has 0 saturated carbocycles. The van der Waals surface area contributed by atoms with E-state index in [4.69, 9.17) is 4.74 Å². The van der Waals surface area contributed by atoms with Crippen LogP contribution >= 0.6 is 0 Å². The van der Waals surface area contributed by atoms with Crippen molar-refractivity contribution in [3.8, 4) is 0 Å². The fourth-order valence-corrected chi connectivity index (χ4v) is 1.88. The van der Waals surface area contributed by atoms with Crippen molar-refractivity contribution >= 4 is 10.8 Å². The molecule has 0 aliphatic carbocycles. The molecule has 0 spiro atoms. The lowest BCUT2D eigenvalue weighted by atomic mass is 10.3. The largest absolute Gasteiger partial charge is 0.389 e. The normalized spacial score (nSPS) is 17.7. The number of hydrogen-bond acceptors (Lipinski definition) is 4. The highest BCUT2D eigenvalue weighted by Crippen LogP contribution is 1.88. The standard InChI is InChI=1S/C9H21NO3S/c1-4-13-6-9(11)5-10-8(2)7-14(3)12/h8-11H,4-7H2,1-3H3. The molecule has 0 bridgehead atoms. The van der Waals surface area contributed by atoms with Crippen LogP contribution in [-0.2, 0) is 15.5 Å². The minimum absolute atomic E-state index is 0.164. The molecule has 2 N–H and O–H groups in total. The Balaban J connectivity index is 3.45. The summed E-state index contributed by atoms with van der Waals surface area (Å²) in [6.45, 7) is 5.30. The number of aliphatic hydroxyl groups is 1. The Morgan fingerprint density at radius 1 is 1.57 bits per heavy atom. The van der Waals surface area contributed by atoms with Crippen molar-refractivity contribution in [1.29, 1.82) is 0 Å². The van der Waals surface area contributed by atoms with Crippen LogP contribution in [0.5, 0.6) is 0 Å². The summed E-state index contributed by atoms with van der Waals surface area (Å²) in [7, 11) is -0.791. The van der Waals surface area contributed by atoms with Crippen LogP contribution in [-0.4, -0.2) is 53.2 Å². The van der Waals surface area contributed by atoms with Crippen molar-refractivity contribution in [3.63, 3.8) is 0 Å². The Morgan fingerprint density at radius 3 is 2.71 bits per heavy atom. The van der Waals surface area contributed by atoms with Crippen molar-refractivity contribution in [2.75, 3.05) is 31.8 Å². The molecule has 3 unspecified atom stereocenters. The van der Waals surface area contributed by atoms with E-state index in [0.29, 0.717) is 25.5 Å². The molecular weight excluding hydrogens is 202 g/mol. The first kappa shape index (κ1) is 14.0. The van der Waals surface area contributed by atoms with Crippen molar-refractivity contribution in [2.45, 2.75) is 26.0 Å². The summed E-state index contributed by atoms with van der Waals surface area (Å²) in [6, 6.07) is 0.164. The van der Waals surface area contributed by atoms with Gasteiger partial charge in [-0.1, -0.05) is 0 Å². The summed E-state index contributed by atoms with van der Waals surface area (Å²) in [6.07, 6.45) is 1.19. The molecule has 0 fully saturated rings. The summed E-state index contributed by atoms with van der Waals surface area (Å²) >= 11 is 0. The molecule has 0 aliphatic rings. The minimum Gasteiger partial charge on any atom is -0.389 e. The molecule has 0 aliphatic heterocycles. The fourth-order valence-electron chi connectivity index (χ4n) is 1.06. The predicted octanol–water partition coefficient (Wildman–Crippen LogP) is -0.260. The zero-order valence-electron chi connectivity index (χ0n) is 9.16. The lowest BCUT2D eigenvalue weighted by Crippen LogP contribution is -2.38. The van der Waals surface area contributed by atoms with Gasteiger partial charge in [0.05, 0.1) is 12.7 Å². The first-order chi connectivity index (χ1) is 6.56. The van der Waals surface area contributed by atoms with E-state index in [1.165, 1.54) is 0 Å². The third-order valence-corrected chi connectivity index (χ3v) is 2.67. The monoisotopic (exact) mass is 223 g/mol. The van der Waals surface area contributed by atoms with Gasteiger partial charge in [-0.25, -0.2) is 0 Å². The van der Waals surface area contributed by atoms with Crippen molar-refractivity contribution in [1.82, 2.24) is 5.32 Å². The molecule has 14 heavy (non-hydrogen) atoms. The van der Waals surface area contributed by atoms with Crippen molar-refractivity contribution in [3.05, 3.63) is 0 Å². The molecule has 86 valence electrons. The van der Waals surface area contributed by atoms with Gasteiger partial charge < -0.3 is 15.2 Å². The summed E-state index contributed by atoms with van der Waals surface area (Å²) < 4.78 is 15.9. The maximum absolute atomic E-state index is 10.9. The second-order valence-electron chi connectivity index (χ2n) is 3.36. The highest BCUT2D eigenvalue weighted by atomic mass is 32.2. The molecule has 0 radical (unpaired) electrons. The van der Waals surface area contributed by atoms with Gasteiger partial charge in [-0.05, 0) is 13.8 Å². The number of ether oxygens (including phenoxy) is 1. The average Bonchev–Trinajstić information content (AvgIpc) is 2.10. The smallest absolute Gasteiger partial charge is 0.0897 e. The quantitative estimate of drug-likeness (QED) is 0.595. The van der Waals surface area contributed by atoms with E-state index in [1.54, 1.807) is 6.26 Å². The van der Waals surface area contributed by atoms with Gasteiger partial charge in [-0.15, -0.1) is 0 Å². The van der Waals surface area contributed by atoms with Gasteiger partial charge in [0.2, 0.25) is 0 Å². The second kappa shape index (κ2) is 8.35. The van der Waals surface area contributed by atoms with Crippen LogP contribution in [0.15, 0.2) is 0 Å². The molecule has 0 aromatic rings. The number of nitrogens with one attached hydrogen (secondary N) is 1. The molecule has 0 saturated heterocycles. The number of aliphatic hydroxyl groups excluding tert-OH is 1. The molecular formula is C9H21NO3S. The zero-order chi connectivity index (χ0) is 11.0. The zero-order valence-corrected chi connectivity index (χ0v) is 9.97. The highest BCUT2D eigenvalue weighted by Gasteiger charge is 2.07. The number of rotatable bonds is 8. The van der Waals surface area contributed by atoms with Crippen LogP contribution in [0, 0.1) is 0 Å². The number of hydrogen-bond donors (Lipinski definition) is 2. The van der Waals surface area contributed by atoms with E-state index in [1.807, 2.05) is 13.8 Å². The van der Waals surface area contributed by atoms with E-state index in [0.717, 1.165) is 0 Å². The SMILES string of the molecule is CCOCC(O)CNC(C)CS(C)=O. The summed E-state index contributed by atoms with van der Waals surface area (Å²) in [4.78, 5) is 0. The summed E-state index contributed by atoms with van der Waals surface area (Å²) in [5.74, 6) is 0.612. The van der Waals surface area contributed by atoms with Crippen LogP contribution in [0.4, 0.5) is 0 Å². The van der Waals surface area contributed by atoms with Crippen LogP contribution in [0.3, 0.4) is 0 Å². The van der Waals surface area contributed by atoms with Crippen LogP contribution < -0.4 is 5.32 Å². The first-order valence-corrected chi connectivity index (χ1v) is 6.58. The van der Waals surface area contributed by atoms with Gasteiger partial charge in [-0.3, -0.25) is 4.21 Å². The van der Waals surface area contributed by atoms with Gasteiger partial charge >= 0.3 is 0 Å². The molecule has 0 heterocycles. The fraction of sp³-hybridized carbons (Fsp3) is 1.00. The first-order valence-electron chi connectivity index (χ1n) is 4.85. The Labute approximate surface area is 88.5 Å². The molecule has 4 nitrogen and oxygen atoms in total. The van der Waals surface area contributed by atoms with Gasteiger partial charge in [0, 0.05) is 42.0 Å². The topological polar surface area (TPSA) is 58.6 Å². The Kier molecular flexibility index (Phi) is 8.37. The van der Waals surface area contributed by atoms with Crippen molar-refractivity contribution in [2.24, 2.45) is 0 Å². The van der Waals surface area contributed by atoms with Crippen LogP contribution in [0.2, 0.25) is 0 Å². The predicted molar refractivity (Wildman–Crippen MR) is 58.9 cm³/mol. The van der Waals surface area contributed by atoms with E-state index in [2.05, 4.69) is 5.32 Å². The molecule has 5 heteroatoms. The Hall–Kier alpha value is 0.0300. The third-order valence-electron chi connectivity index (χ3n) is 1.70. The molecule has 0 aromatic carbocycles. The van der Waals surface area contributed by atoms with Crippen LogP contribution in [0.1, 0.15) is 13.8 Å². The molecule has 0 rings (SSSR count). The van der Waals surface area contributed by atoms with Gasteiger partial charge in [0.25, 0.3) is 0 Å². The summed E-state index contributed by atoms with van der Waals surface area (Å²) in [5.41, 5.74) is 0. The van der Waals surface area contributed by atoms with Crippen LogP contribution in [0.25, 0.3) is 0 Å². The van der Waals surface area contributed by atoms with Crippen molar-refractivity contribution < 1.29 is 14.1 Å². The van der Waals surface area contributed by atoms with E-state index in [9.17, 15) is 9.32 Å². The average molecular weight is 223 g/mol. The lowest BCUT2D eigenvalue weighted by Gasteiger charge is -2.15. The second-order valence-corrected chi connectivity index (χ2v) is 4.84. The van der Waals surface area contributed by atoms with E-state index in [-0.39, 0.29) is 6.04 Å². The lowest BCUT2D eigenvalue weighted by molar-refractivity contribution is 0.0420. The van der Waals surface area contributed by atoms with Gasteiger partial charge in [0.15, 0.2) is 0 Å². The maximum Gasteiger partial charge on any atom is 0.0897 e. The third kappa shape index (κ3) is 8.62. The maximum atomic E-state index is 10.9. The van der Waals surface area contributed by atoms with Gasteiger partial charge in [-0.2, -0.15) is 0 Å². The Bertz CT molecular complexity index is 166. The highest BCUT2D eigenvalue weighted by molar-refractivity contribution is 7.84. The minimum atomic E-state index is -0.791. The Morgan fingerprint density at radius 2 is 2.21 bits per heavy atom. The summed E-state index contributed by atoms with van der Waals surface area (Å²) in [5, 5.41) is 12.5.